The highest BCUT2D eigenvalue weighted by Crippen LogP contribution is 2.14. The summed E-state index contributed by atoms with van der Waals surface area (Å²) in [7, 11) is 0. The summed E-state index contributed by atoms with van der Waals surface area (Å²) in [6, 6.07) is 9.09. The zero-order valence-electron chi connectivity index (χ0n) is 9.12. The van der Waals surface area contributed by atoms with Crippen LogP contribution in [0.15, 0.2) is 35.5 Å². The van der Waals surface area contributed by atoms with Crippen molar-refractivity contribution in [1.82, 2.24) is 5.43 Å². The monoisotopic (exact) mass is 266 g/mol. The maximum atomic E-state index is 8.84. The van der Waals surface area contributed by atoms with E-state index in [1.807, 2.05) is 18.2 Å². The van der Waals surface area contributed by atoms with Crippen molar-refractivity contribution in [3.8, 4) is 6.07 Å². The number of hydrazine groups is 1. The molecule has 0 aliphatic heterocycles. The maximum Gasteiger partial charge on any atom is 0.116 e. The van der Waals surface area contributed by atoms with E-state index in [1.165, 1.54) is 0 Å². The van der Waals surface area contributed by atoms with Gasteiger partial charge in [-0.15, -0.1) is 0 Å². The van der Waals surface area contributed by atoms with Crippen LogP contribution in [0, 0.1) is 11.3 Å². The second-order valence-electron chi connectivity index (χ2n) is 3.24. The first-order valence-electron chi connectivity index (χ1n) is 4.73. The van der Waals surface area contributed by atoms with Gasteiger partial charge >= 0.3 is 0 Å². The number of rotatable bonds is 4. The fourth-order valence-electron chi connectivity index (χ4n) is 1.12. The van der Waals surface area contributed by atoms with Crippen LogP contribution in [0.25, 0.3) is 0 Å². The first kappa shape index (κ1) is 13.3. The van der Waals surface area contributed by atoms with Gasteiger partial charge in [-0.1, -0.05) is 29.9 Å². The van der Waals surface area contributed by atoms with E-state index in [4.69, 9.17) is 34.8 Å². The van der Waals surface area contributed by atoms with E-state index in [2.05, 4.69) is 10.9 Å². The predicted octanol–water partition coefficient (Wildman–Crippen LogP) is 2.34. The van der Waals surface area contributed by atoms with Gasteiger partial charge in [-0.2, -0.15) is 5.26 Å². The van der Waals surface area contributed by atoms with Crippen LogP contribution in [0.3, 0.4) is 0 Å². The largest absolute Gasteiger partial charge is 0.389 e. The van der Waals surface area contributed by atoms with Crippen LogP contribution < -0.4 is 16.6 Å². The molecule has 0 unspecified atom stereocenters. The lowest BCUT2D eigenvalue weighted by Gasteiger charge is -2.11. The highest BCUT2D eigenvalue weighted by molar-refractivity contribution is 7.80. The molecular formula is C11H11ClN4S. The molecule has 0 aliphatic carbocycles. The van der Waals surface area contributed by atoms with Crippen molar-refractivity contribution >= 4 is 34.5 Å². The number of allylic oxidation sites excluding steroid dienone is 1. The van der Waals surface area contributed by atoms with Gasteiger partial charge in [-0.25, -0.2) is 0 Å². The number of benzene rings is 1. The number of hydrogen-bond acceptors (Lipinski definition) is 4. The lowest BCUT2D eigenvalue weighted by Crippen LogP contribution is -2.24. The first-order chi connectivity index (χ1) is 8.04. The first-order valence-corrected chi connectivity index (χ1v) is 5.51. The molecule has 1 aromatic carbocycles. The minimum Gasteiger partial charge on any atom is -0.389 e. The number of anilines is 1. The third-order valence-electron chi connectivity index (χ3n) is 1.95. The van der Waals surface area contributed by atoms with E-state index in [0.717, 1.165) is 5.69 Å². The number of hydrogen-bond donors (Lipinski definition) is 3. The summed E-state index contributed by atoms with van der Waals surface area (Å²) in [6.07, 6.45) is 0. The molecule has 4 N–H and O–H groups in total. The minimum absolute atomic E-state index is 0.0606. The molecule has 0 fully saturated rings. The summed E-state index contributed by atoms with van der Waals surface area (Å²) in [5, 5.41) is 9.46. The second-order valence-corrected chi connectivity index (χ2v) is 4.11. The van der Waals surface area contributed by atoms with Crippen LogP contribution in [-0.4, -0.2) is 4.99 Å². The molecule has 17 heavy (non-hydrogen) atoms. The van der Waals surface area contributed by atoms with Crippen molar-refractivity contribution in [2.75, 3.05) is 5.43 Å². The van der Waals surface area contributed by atoms with E-state index in [9.17, 15) is 0 Å². The van der Waals surface area contributed by atoms with Crippen LogP contribution in [0.2, 0.25) is 5.02 Å². The molecule has 0 radical (unpaired) electrons. The number of nitrogens with zero attached hydrogens (tertiary/aromatic N) is 1. The number of nitrogens with one attached hydrogen (secondary N) is 2. The third-order valence-corrected chi connectivity index (χ3v) is 2.39. The van der Waals surface area contributed by atoms with Crippen molar-refractivity contribution < 1.29 is 0 Å². The van der Waals surface area contributed by atoms with Gasteiger partial charge in [0.1, 0.15) is 16.6 Å². The Balaban J connectivity index is 2.75. The third kappa shape index (κ3) is 3.94. The summed E-state index contributed by atoms with van der Waals surface area (Å²) in [5.74, 6) is 0. The lowest BCUT2D eigenvalue weighted by molar-refractivity contribution is 0.955. The van der Waals surface area contributed by atoms with Crippen molar-refractivity contribution in [3.63, 3.8) is 0 Å². The van der Waals surface area contributed by atoms with E-state index in [0.29, 0.717) is 10.7 Å². The van der Waals surface area contributed by atoms with Crippen LogP contribution in [0.5, 0.6) is 0 Å². The van der Waals surface area contributed by atoms with Crippen molar-refractivity contribution in [2.45, 2.75) is 6.92 Å². The van der Waals surface area contributed by atoms with Gasteiger partial charge in [0.25, 0.3) is 0 Å². The van der Waals surface area contributed by atoms with Gasteiger partial charge < -0.3 is 16.6 Å². The molecule has 6 heteroatoms. The molecule has 0 atom stereocenters. The lowest BCUT2D eigenvalue weighted by atomic mass is 10.2. The van der Waals surface area contributed by atoms with E-state index in [1.54, 1.807) is 19.1 Å². The van der Waals surface area contributed by atoms with E-state index in [-0.39, 0.29) is 10.6 Å². The summed E-state index contributed by atoms with van der Waals surface area (Å²) in [5.41, 5.74) is 12.7. The number of halogens is 1. The van der Waals surface area contributed by atoms with Gasteiger partial charge in [0.05, 0.1) is 5.69 Å². The zero-order valence-corrected chi connectivity index (χ0v) is 10.7. The quantitative estimate of drug-likeness (QED) is 0.338. The van der Waals surface area contributed by atoms with Gasteiger partial charge in [0.15, 0.2) is 0 Å². The Hall–Kier alpha value is -1.77. The van der Waals surface area contributed by atoms with Crippen LogP contribution in [0.1, 0.15) is 6.92 Å². The second kappa shape index (κ2) is 6.09. The van der Waals surface area contributed by atoms with Crippen molar-refractivity contribution in [2.24, 2.45) is 5.73 Å². The summed E-state index contributed by atoms with van der Waals surface area (Å²) in [6.45, 7) is 1.70. The highest BCUT2D eigenvalue weighted by Gasteiger charge is 2.04. The number of thiocarbonyl (C=S) groups is 1. The molecule has 0 aromatic heterocycles. The molecule has 1 rings (SSSR count). The molecule has 4 nitrogen and oxygen atoms in total. The average molecular weight is 267 g/mol. The van der Waals surface area contributed by atoms with Gasteiger partial charge in [0, 0.05) is 10.7 Å². The maximum absolute atomic E-state index is 8.84. The molecule has 0 bridgehead atoms. The van der Waals surface area contributed by atoms with Crippen LogP contribution >= 0.6 is 23.8 Å². The highest BCUT2D eigenvalue weighted by atomic mass is 35.5. The smallest absolute Gasteiger partial charge is 0.116 e. The SMILES string of the molecule is C/C(NNc1cccc(Cl)c1)=C(\C#N)C(N)=S. The van der Waals surface area contributed by atoms with Gasteiger partial charge in [-0.05, 0) is 25.1 Å². The minimum atomic E-state index is 0.0606. The molecule has 0 saturated heterocycles. The van der Waals surface area contributed by atoms with Crippen molar-refractivity contribution in [3.05, 3.63) is 40.6 Å². The topological polar surface area (TPSA) is 73.9 Å². The number of nitriles is 1. The van der Waals surface area contributed by atoms with E-state index < -0.39 is 0 Å². The predicted molar refractivity (Wildman–Crippen MR) is 73.3 cm³/mol. The van der Waals surface area contributed by atoms with Crippen molar-refractivity contribution in [1.29, 1.82) is 5.26 Å². The van der Waals surface area contributed by atoms with Crippen LogP contribution in [0.4, 0.5) is 5.69 Å². The zero-order chi connectivity index (χ0) is 12.8. The molecule has 0 saturated carbocycles. The molecule has 0 spiro atoms. The fourth-order valence-corrected chi connectivity index (χ4v) is 1.51. The van der Waals surface area contributed by atoms with E-state index >= 15 is 0 Å². The molecule has 0 heterocycles. The molecular weight excluding hydrogens is 256 g/mol. The summed E-state index contributed by atoms with van der Waals surface area (Å²) in [4.78, 5) is 0.0606. The van der Waals surface area contributed by atoms with Gasteiger partial charge in [0.2, 0.25) is 0 Å². The standard InChI is InChI=1S/C11H11ClN4S/c1-7(10(6-13)11(14)17)15-16-9-4-2-3-8(12)5-9/h2-5,15-16H,1H3,(H2,14,17)/b10-7-. The Labute approximate surface area is 110 Å². The Bertz CT molecular complexity index is 504. The normalized spacial score (nSPS) is 11.1. The van der Waals surface area contributed by atoms with Crippen LogP contribution in [-0.2, 0) is 0 Å². The Morgan fingerprint density at radius 3 is 2.76 bits per heavy atom. The Morgan fingerprint density at radius 2 is 2.24 bits per heavy atom. The van der Waals surface area contributed by atoms with Gasteiger partial charge in [-0.3, -0.25) is 0 Å². The Kier molecular flexibility index (Phi) is 4.76. The Morgan fingerprint density at radius 1 is 1.53 bits per heavy atom. The molecule has 88 valence electrons. The molecule has 0 amide bonds. The molecule has 1 aromatic rings. The average Bonchev–Trinajstić information content (AvgIpc) is 2.27. The number of nitrogens with two attached hydrogens (primary N) is 1. The summed E-state index contributed by atoms with van der Waals surface area (Å²) < 4.78 is 0. The summed E-state index contributed by atoms with van der Waals surface area (Å²) >= 11 is 10.6. The fraction of sp³-hybridized carbons (Fsp3) is 0.0909. The molecule has 0 aliphatic rings.